The van der Waals surface area contributed by atoms with E-state index in [0.717, 1.165) is 20.2 Å². The van der Waals surface area contributed by atoms with E-state index in [1.165, 1.54) is 0 Å². The highest BCUT2D eigenvalue weighted by molar-refractivity contribution is 8.03. The zero-order chi connectivity index (χ0) is 13.1. The number of hydrogen-bond acceptors (Lipinski definition) is 7. The molecule has 2 atom stereocenters. The third kappa shape index (κ3) is 3.28. The van der Waals surface area contributed by atoms with Crippen LogP contribution in [0.1, 0.15) is 23.7 Å². The molecule has 0 radical (unpaired) electrons. The Kier molecular flexibility index (Phi) is 4.71. The number of aryl methyl sites for hydroxylation is 1. The molecular weight excluding hydrogens is 286 g/mol. The number of thioether (sulfide) groups is 2. The van der Waals surface area contributed by atoms with Gasteiger partial charge in [0.15, 0.2) is 8.68 Å². The minimum absolute atomic E-state index is 0.0119. The van der Waals surface area contributed by atoms with Crippen LogP contribution in [0.5, 0.6) is 0 Å². The Morgan fingerprint density at radius 2 is 2.06 bits per heavy atom. The fraction of sp³-hybridized carbons (Fsp3) is 0.455. The average molecular weight is 301 g/mol. The first-order valence-electron chi connectivity index (χ1n) is 5.46. The quantitative estimate of drug-likeness (QED) is 0.854. The second-order valence-electron chi connectivity index (χ2n) is 3.88. The fourth-order valence-electron chi connectivity index (χ4n) is 1.47. The van der Waals surface area contributed by atoms with Crippen molar-refractivity contribution < 1.29 is 4.42 Å². The molecule has 4 nitrogen and oxygen atoms in total. The number of nitrogens with two attached hydrogens (primary N) is 1. The first-order chi connectivity index (χ1) is 8.60. The van der Waals surface area contributed by atoms with Crippen molar-refractivity contribution in [2.45, 2.75) is 33.8 Å². The molecule has 2 rings (SSSR count). The molecule has 2 heterocycles. The average Bonchev–Trinajstić information content (AvgIpc) is 2.94. The van der Waals surface area contributed by atoms with Crippen molar-refractivity contribution in [3.05, 3.63) is 23.7 Å². The Balaban J connectivity index is 2.16. The summed E-state index contributed by atoms with van der Waals surface area (Å²) in [6, 6.07) is 3.92. The second-order valence-corrected chi connectivity index (χ2v) is 7.30. The summed E-state index contributed by atoms with van der Waals surface area (Å²) in [5.74, 6) is 1.80. The summed E-state index contributed by atoms with van der Waals surface area (Å²) >= 11 is 4.80. The first kappa shape index (κ1) is 13.9. The van der Waals surface area contributed by atoms with Gasteiger partial charge in [0, 0.05) is 6.04 Å². The normalized spacial score (nSPS) is 14.7. The third-order valence-electron chi connectivity index (χ3n) is 2.31. The smallest absolute Gasteiger partial charge is 0.175 e. The van der Waals surface area contributed by atoms with E-state index in [9.17, 15) is 0 Å². The van der Waals surface area contributed by atoms with E-state index in [1.54, 1.807) is 34.9 Å². The van der Waals surface area contributed by atoms with Crippen molar-refractivity contribution in [1.82, 2.24) is 10.2 Å². The summed E-state index contributed by atoms with van der Waals surface area (Å²) in [6.45, 7) is 3.91. The molecule has 98 valence electrons. The molecule has 2 N–H and O–H groups in total. The van der Waals surface area contributed by atoms with Gasteiger partial charge in [-0.3, -0.25) is 0 Å². The maximum Gasteiger partial charge on any atom is 0.175 e. The van der Waals surface area contributed by atoms with E-state index in [1.807, 2.05) is 32.2 Å². The van der Waals surface area contributed by atoms with Gasteiger partial charge in [0.05, 0.1) is 5.25 Å². The number of hydrogen-bond donors (Lipinski definition) is 1. The standard InChI is InChI=1S/C11H15N3OS3/c1-6-4-5-8(15-6)9(7(2)12)17-11-14-13-10(16-3)18-11/h4-5,7,9H,12H2,1-3H3. The van der Waals surface area contributed by atoms with Gasteiger partial charge in [-0.15, -0.1) is 10.2 Å². The van der Waals surface area contributed by atoms with Gasteiger partial charge >= 0.3 is 0 Å². The monoisotopic (exact) mass is 301 g/mol. The first-order valence-corrected chi connectivity index (χ1v) is 8.38. The van der Waals surface area contributed by atoms with Crippen molar-refractivity contribution in [3.8, 4) is 0 Å². The second kappa shape index (κ2) is 6.10. The predicted molar refractivity (Wildman–Crippen MR) is 77.4 cm³/mol. The zero-order valence-electron chi connectivity index (χ0n) is 10.4. The topological polar surface area (TPSA) is 64.9 Å². The lowest BCUT2D eigenvalue weighted by Gasteiger charge is -2.16. The van der Waals surface area contributed by atoms with Gasteiger partial charge in [0.1, 0.15) is 11.5 Å². The van der Waals surface area contributed by atoms with Crippen molar-refractivity contribution in [2.75, 3.05) is 6.26 Å². The molecule has 0 aliphatic rings. The van der Waals surface area contributed by atoms with E-state index >= 15 is 0 Å². The van der Waals surface area contributed by atoms with Gasteiger partial charge in [0.25, 0.3) is 0 Å². The van der Waals surface area contributed by atoms with Crippen LogP contribution in [0.15, 0.2) is 25.2 Å². The molecule has 0 aromatic carbocycles. The summed E-state index contributed by atoms with van der Waals surface area (Å²) in [4.78, 5) is 0. The highest BCUT2D eigenvalue weighted by Crippen LogP contribution is 2.40. The van der Waals surface area contributed by atoms with E-state index in [2.05, 4.69) is 10.2 Å². The third-order valence-corrected chi connectivity index (χ3v) is 5.74. The molecule has 2 aromatic rings. The Labute approximate surface area is 119 Å². The summed E-state index contributed by atoms with van der Waals surface area (Å²) in [6.07, 6.45) is 1.99. The molecule has 0 aliphatic carbocycles. The van der Waals surface area contributed by atoms with Crippen LogP contribution in [0.2, 0.25) is 0 Å². The predicted octanol–water partition coefficient (Wildman–Crippen LogP) is 3.34. The number of nitrogens with zero attached hydrogens (tertiary/aromatic N) is 2. The Bertz CT molecular complexity index is 509. The van der Waals surface area contributed by atoms with Crippen LogP contribution in [0, 0.1) is 6.92 Å². The highest BCUT2D eigenvalue weighted by atomic mass is 32.2. The Hall–Kier alpha value is -0.500. The molecule has 0 spiro atoms. The fourth-order valence-corrected chi connectivity index (χ4v) is 4.13. The summed E-state index contributed by atoms with van der Waals surface area (Å²) in [5.41, 5.74) is 6.04. The molecular formula is C11H15N3OS3. The molecule has 0 saturated carbocycles. The van der Waals surface area contributed by atoms with Gasteiger partial charge in [-0.2, -0.15) is 0 Å². The van der Waals surface area contributed by atoms with Crippen molar-refractivity contribution in [1.29, 1.82) is 0 Å². The largest absolute Gasteiger partial charge is 0.465 e. The van der Waals surface area contributed by atoms with Crippen LogP contribution in [0.3, 0.4) is 0 Å². The minimum atomic E-state index is -0.0119. The number of aromatic nitrogens is 2. The van der Waals surface area contributed by atoms with Crippen LogP contribution < -0.4 is 5.73 Å². The van der Waals surface area contributed by atoms with Crippen LogP contribution in [0.4, 0.5) is 0 Å². The lowest BCUT2D eigenvalue weighted by atomic mass is 10.2. The Morgan fingerprint density at radius 3 is 2.56 bits per heavy atom. The maximum atomic E-state index is 6.04. The minimum Gasteiger partial charge on any atom is -0.465 e. The zero-order valence-corrected chi connectivity index (χ0v) is 12.9. The van der Waals surface area contributed by atoms with E-state index in [4.69, 9.17) is 10.2 Å². The van der Waals surface area contributed by atoms with E-state index in [-0.39, 0.29) is 11.3 Å². The van der Waals surface area contributed by atoms with Gasteiger partial charge in [-0.25, -0.2) is 0 Å². The number of rotatable bonds is 5. The van der Waals surface area contributed by atoms with Gasteiger partial charge < -0.3 is 10.2 Å². The lowest BCUT2D eigenvalue weighted by molar-refractivity contribution is 0.464. The van der Waals surface area contributed by atoms with E-state index < -0.39 is 0 Å². The summed E-state index contributed by atoms with van der Waals surface area (Å²) in [7, 11) is 0. The van der Waals surface area contributed by atoms with Crippen molar-refractivity contribution >= 4 is 34.9 Å². The van der Waals surface area contributed by atoms with Crippen LogP contribution in [0.25, 0.3) is 0 Å². The van der Waals surface area contributed by atoms with Gasteiger partial charge in [-0.1, -0.05) is 34.9 Å². The van der Waals surface area contributed by atoms with Crippen molar-refractivity contribution in [3.63, 3.8) is 0 Å². The van der Waals surface area contributed by atoms with Gasteiger partial charge in [0.2, 0.25) is 0 Å². The summed E-state index contributed by atoms with van der Waals surface area (Å²) in [5, 5.41) is 8.31. The van der Waals surface area contributed by atoms with E-state index in [0.29, 0.717) is 0 Å². The van der Waals surface area contributed by atoms with Crippen LogP contribution >= 0.6 is 34.9 Å². The van der Waals surface area contributed by atoms with Crippen molar-refractivity contribution in [2.24, 2.45) is 5.73 Å². The molecule has 18 heavy (non-hydrogen) atoms. The molecule has 0 fully saturated rings. The molecule has 2 aromatic heterocycles. The Morgan fingerprint density at radius 1 is 1.33 bits per heavy atom. The molecule has 0 aliphatic heterocycles. The molecule has 7 heteroatoms. The maximum absolute atomic E-state index is 6.04. The summed E-state index contributed by atoms with van der Waals surface area (Å²) < 4.78 is 7.56. The lowest BCUT2D eigenvalue weighted by Crippen LogP contribution is -2.22. The SMILES string of the molecule is CSc1nnc(SC(c2ccc(C)o2)C(C)N)s1. The molecule has 0 bridgehead atoms. The molecule has 2 unspecified atom stereocenters. The van der Waals surface area contributed by atoms with Crippen LogP contribution in [-0.4, -0.2) is 22.5 Å². The van der Waals surface area contributed by atoms with Crippen LogP contribution in [-0.2, 0) is 0 Å². The molecule has 0 saturated heterocycles. The van der Waals surface area contributed by atoms with Gasteiger partial charge in [-0.05, 0) is 32.2 Å². The highest BCUT2D eigenvalue weighted by Gasteiger charge is 2.23. The number of furan rings is 1. The molecule has 0 amide bonds.